The molecule has 0 amide bonds. The summed E-state index contributed by atoms with van der Waals surface area (Å²) < 4.78 is 18.7. The standard InChI is InChI=1S/C12H18FNO/c1-7(2)9-5-10(8(3)14)12(15-4)6-11(9)13/h5-8H,14H2,1-4H3. The second kappa shape index (κ2) is 4.62. The summed E-state index contributed by atoms with van der Waals surface area (Å²) in [6.45, 7) is 5.77. The first-order chi connectivity index (χ1) is 6.97. The van der Waals surface area contributed by atoms with E-state index in [0.29, 0.717) is 11.3 Å². The van der Waals surface area contributed by atoms with Crippen molar-refractivity contribution in [1.29, 1.82) is 0 Å². The van der Waals surface area contributed by atoms with Crippen LogP contribution in [0.1, 0.15) is 43.9 Å². The van der Waals surface area contributed by atoms with Crippen LogP contribution in [0.4, 0.5) is 4.39 Å². The van der Waals surface area contributed by atoms with Gasteiger partial charge in [0, 0.05) is 17.7 Å². The van der Waals surface area contributed by atoms with Crippen molar-refractivity contribution in [2.45, 2.75) is 32.7 Å². The lowest BCUT2D eigenvalue weighted by Crippen LogP contribution is -2.09. The molecule has 0 radical (unpaired) electrons. The minimum atomic E-state index is -0.230. The van der Waals surface area contributed by atoms with E-state index in [1.165, 1.54) is 13.2 Å². The van der Waals surface area contributed by atoms with E-state index in [0.717, 1.165) is 5.56 Å². The summed E-state index contributed by atoms with van der Waals surface area (Å²) in [6.07, 6.45) is 0. The summed E-state index contributed by atoms with van der Waals surface area (Å²) >= 11 is 0. The molecule has 84 valence electrons. The molecule has 15 heavy (non-hydrogen) atoms. The summed E-state index contributed by atoms with van der Waals surface area (Å²) in [7, 11) is 1.52. The quantitative estimate of drug-likeness (QED) is 0.834. The van der Waals surface area contributed by atoms with Gasteiger partial charge in [0.2, 0.25) is 0 Å². The molecule has 1 unspecified atom stereocenters. The van der Waals surface area contributed by atoms with Crippen LogP contribution in [0.3, 0.4) is 0 Å². The minimum absolute atomic E-state index is 0.147. The topological polar surface area (TPSA) is 35.2 Å². The summed E-state index contributed by atoms with van der Waals surface area (Å²) in [4.78, 5) is 0. The lowest BCUT2D eigenvalue weighted by Gasteiger charge is -2.16. The van der Waals surface area contributed by atoms with Crippen molar-refractivity contribution in [2.75, 3.05) is 7.11 Å². The van der Waals surface area contributed by atoms with E-state index in [4.69, 9.17) is 10.5 Å². The predicted molar refractivity (Wildman–Crippen MR) is 59.6 cm³/mol. The predicted octanol–water partition coefficient (Wildman–Crippen LogP) is 2.98. The SMILES string of the molecule is COc1cc(F)c(C(C)C)cc1C(C)N. The molecule has 1 aromatic carbocycles. The monoisotopic (exact) mass is 211 g/mol. The molecule has 1 aromatic rings. The van der Waals surface area contributed by atoms with E-state index in [1.807, 2.05) is 20.8 Å². The van der Waals surface area contributed by atoms with Crippen molar-refractivity contribution >= 4 is 0 Å². The first-order valence-electron chi connectivity index (χ1n) is 5.10. The van der Waals surface area contributed by atoms with Gasteiger partial charge in [-0.3, -0.25) is 0 Å². The molecule has 2 nitrogen and oxygen atoms in total. The minimum Gasteiger partial charge on any atom is -0.496 e. The second-order valence-corrected chi connectivity index (χ2v) is 4.06. The number of halogens is 1. The van der Waals surface area contributed by atoms with Crippen molar-refractivity contribution in [3.05, 3.63) is 29.1 Å². The average Bonchev–Trinajstić information content (AvgIpc) is 2.16. The van der Waals surface area contributed by atoms with Gasteiger partial charge in [-0.15, -0.1) is 0 Å². The molecule has 0 bridgehead atoms. The van der Waals surface area contributed by atoms with Crippen LogP contribution >= 0.6 is 0 Å². The first kappa shape index (κ1) is 12.0. The van der Waals surface area contributed by atoms with Crippen LogP contribution in [0, 0.1) is 5.82 Å². The Kier molecular flexibility index (Phi) is 3.69. The number of hydrogen-bond donors (Lipinski definition) is 1. The van der Waals surface area contributed by atoms with Crippen LogP contribution in [-0.2, 0) is 0 Å². The Morgan fingerprint density at radius 3 is 2.20 bits per heavy atom. The Balaban J connectivity index is 3.30. The smallest absolute Gasteiger partial charge is 0.130 e. The fraction of sp³-hybridized carbons (Fsp3) is 0.500. The highest BCUT2D eigenvalue weighted by molar-refractivity contribution is 5.41. The molecule has 1 rings (SSSR count). The molecule has 0 fully saturated rings. The third-order valence-electron chi connectivity index (χ3n) is 2.46. The molecule has 2 N–H and O–H groups in total. The van der Waals surface area contributed by atoms with Gasteiger partial charge in [0.15, 0.2) is 0 Å². The fourth-order valence-corrected chi connectivity index (χ4v) is 1.56. The Hall–Kier alpha value is -1.09. The van der Waals surface area contributed by atoms with Crippen LogP contribution in [0.2, 0.25) is 0 Å². The van der Waals surface area contributed by atoms with Gasteiger partial charge < -0.3 is 10.5 Å². The Bertz CT molecular complexity index is 348. The molecule has 0 aliphatic carbocycles. The summed E-state index contributed by atoms with van der Waals surface area (Å²) in [5.41, 5.74) is 7.34. The van der Waals surface area contributed by atoms with Crippen molar-refractivity contribution in [2.24, 2.45) is 5.73 Å². The maximum atomic E-state index is 13.6. The lowest BCUT2D eigenvalue weighted by atomic mass is 9.97. The maximum Gasteiger partial charge on any atom is 0.130 e. The van der Waals surface area contributed by atoms with Crippen LogP contribution in [0.5, 0.6) is 5.75 Å². The number of nitrogens with two attached hydrogens (primary N) is 1. The number of benzene rings is 1. The average molecular weight is 211 g/mol. The fourth-order valence-electron chi connectivity index (χ4n) is 1.56. The molecular formula is C12H18FNO. The first-order valence-corrected chi connectivity index (χ1v) is 5.10. The molecule has 0 spiro atoms. The van der Waals surface area contributed by atoms with E-state index >= 15 is 0 Å². The van der Waals surface area contributed by atoms with E-state index in [-0.39, 0.29) is 17.8 Å². The Morgan fingerprint density at radius 1 is 1.20 bits per heavy atom. The number of rotatable bonds is 3. The molecule has 0 saturated heterocycles. The Morgan fingerprint density at radius 2 is 1.80 bits per heavy atom. The normalized spacial score (nSPS) is 13.0. The largest absolute Gasteiger partial charge is 0.496 e. The zero-order chi connectivity index (χ0) is 11.6. The van der Waals surface area contributed by atoms with E-state index in [9.17, 15) is 4.39 Å². The van der Waals surface area contributed by atoms with E-state index in [2.05, 4.69) is 0 Å². The van der Waals surface area contributed by atoms with Gasteiger partial charge in [0.1, 0.15) is 11.6 Å². The van der Waals surface area contributed by atoms with Crippen molar-refractivity contribution < 1.29 is 9.13 Å². The molecule has 0 aromatic heterocycles. The van der Waals surface area contributed by atoms with E-state index < -0.39 is 0 Å². The second-order valence-electron chi connectivity index (χ2n) is 4.06. The highest BCUT2D eigenvalue weighted by Crippen LogP contribution is 2.30. The van der Waals surface area contributed by atoms with Crippen molar-refractivity contribution in [1.82, 2.24) is 0 Å². The maximum absolute atomic E-state index is 13.6. The molecule has 0 heterocycles. The van der Waals surface area contributed by atoms with Gasteiger partial charge in [0.05, 0.1) is 7.11 Å². The summed E-state index contributed by atoms with van der Waals surface area (Å²) in [6, 6.07) is 3.05. The van der Waals surface area contributed by atoms with Gasteiger partial charge in [0.25, 0.3) is 0 Å². The highest BCUT2D eigenvalue weighted by Gasteiger charge is 2.14. The third-order valence-corrected chi connectivity index (χ3v) is 2.46. The van der Waals surface area contributed by atoms with Gasteiger partial charge in [-0.1, -0.05) is 13.8 Å². The van der Waals surface area contributed by atoms with Gasteiger partial charge in [-0.05, 0) is 24.5 Å². The molecule has 0 saturated carbocycles. The highest BCUT2D eigenvalue weighted by atomic mass is 19.1. The van der Waals surface area contributed by atoms with Gasteiger partial charge in [-0.2, -0.15) is 0 Å². The van der Waals surface area contributed by atoms with Gasteiger partial charge >= 0.3 is 0 Å². The van der Waals surface area contributed by atoms with Crippen LogP contribution in [0.15, 0.2) is 12.1 Å². The third kappa shape index (κ3) is 2.48. The Labute approximate surface area is 90.2 Å². The molecule has 1 atom stereocenters. The van der Waals surface area contributed by atoms with Crippen molar-refractivity contribution in [3.8, 4) is 5.75 Å². The zero-order valence-electron chi connectivity index (χ0n) is 9.67. The molecule has 0 aliphatic heterocycles. The summed E-state index contributed by atoms with van der Waals surface area (Å²) in [5, 5.41) is 0. The van der Waals surface area contributed by atoms with Crippen LogP contribution in [-0.4, -0.2) is 7.11 Å². The van der Waals surface area contributed by atoms with E-state index in [1.54, 1.807) is 6.07 Å². The van der Waals surface area contributed by atoms with Crippen LogP contribution in [0.25, 0.3) is 0 Å². The zero-order valence-corrected chi connectivity index (χ0v) is 9.67. The van der Waals surface area contributed by atoms with Crippen LogP contribution < -0.4 is 10.5 Å². The molecular weight excluding hydrogens is 193 g/mol. The number of methoxy groups -OCH3 is 1. The lowest BCUT2D eigenvalue weighted by molar-refractivity contribution is 0.402. The molecule has 3 heteroatoms. The number of ether oxygens (including phenoxy) is 1. The van der Waals surface area contributed by atoms with Crippen molar-refractivity contribution in [3.63, 3.8) is 0 Å². The summed E-state index contributed by atoms with van der Waals surface area (Å²) in [5.74, 6) is 0.437. The molecule has 0 aliphatic rings. The van der Waals surface area contributed by atoms with Gasteiger partial charge in [-0.25, -0.2) is 4.39 Å². The number of hydrogen-bond acceptors (Lipinski definition) is 2.